The third kappa shape index (κ3) is 5.68. The maximum absolute atomic E-state index is 13.5. The van der Waals surface area contributed by atoms with Gasteiger partial charge >= 0.3 is 0 Å². The average Bonchev–Trinajstić information content (AvgIpc) is 2.79. The molecule has 7 heteroatoms. The maximum atomic E-state index is 13.5. The van der Waals surface area contributed by atoms with E-state index in [1.54, 1.807) is 24.3 Å². The number of aryl methyl sites for hydroxylation is 1. The van der Waals surface area contributed by atoms with Gasteiger partial charge in [0.2, 0.25) is 5.91 Å². The molecule has 0 aromatic heterocycles. The SMILES string of the molecule is CCOc1ccc(S(=O)(=O)N(CC(=O)N[C@@H](C)c2ccccc2)c2ccc(C)cc2)cc1. The van der Waals surface area contributed by atoms with Crippen LogP contribution in [0.2, 0.25) is 0 Å². The van der Waals surface area contributed by atoms with Crippen LogP contribution < -0.4 is 14.4 Å². The van der Waals surface area contributed by atoms with E-state index < -0.39 is 15.9 Å². The fourth-order valence-corrected chi connectivity index (χ4v) is 4.69. The largest absolute Gasteiger partial charge is 0.494 e. The number of sulfonamides is 1. The summed E-state index contributed by atoms with van der Waals surface area (Å²) in [5.41, 5.74) is 2.36. The fourth-order valence-electron chi connectivity index (χ4n) is 3.27. The first-order chi connectivity index (χ1) is 15.3. The summed E-state index contributed by atoms with van der Waals surface area (Å²) in [4.78, 5) is 12.9. The van der Waals surface area contributed by atoms with E-state index in [-0.39, 0.29) is 17.5 Å². The summed E-state index contributed by atoms with van der Waals surface area (Å²) in [6, 6.07) is 22.5. The summed E-state index contributed by atoms with van der Waals surface area (Å²) in [5, 5.41) is 2.89. The van der Waals surface area contributed by atoms with Gasteiger partial charge in [0, 0.05) is 0 Å². The molecule has 3 rings (SSSR count). The summed E-state index contributed by atoms with van der Waals surface area (Å²) in [7, 11) is -3.98. The molecule has 0 heterocycles. The molecule has 168 valence electrons. The zero-order valence-corrected chi connectivity index (χ0v) is 19.3. The third-order valence-electron chi connectivity index (χ3n) is 5.01. The first kappa shape index (κ1) is 23.3. The molecule has 1 amide bonds. The Hall–Kier alpha value is -3.32. The molecule has 6 nitrogen and oxygen atoms in total. The van der Waals surface area contributed by atoms with Crippen molar-refractivity contribution in [1.29, 1.82) is 0 Å². The van der Waals surface area contributed by atoms with Crippen molar-refractivity contribution in [1.82, 2.24) is 5.32 Å². The molecule has 0 unspecified atom stereocenters. The molecule has 0 aliphatic carbocycles. The Morgan fingerprint density at radius 2 is 1.59 bits per heavy atom. The van der Waals surface area contributed by atoms with Crippen LogP contribution >= 0.6 is 0 Å². The predicted octanol–water partition coefficient (Wildman–Crippen LogP) is 4.47. The van der Waals surface area contributed by atoms with Gasteiger partial charge in [0.15, 0.2) is 0 Å². The highest BCUT2D eigenvalue weighted by Crippen LogP contribution is 2.25. The topological polar surface area (TPSA) is 75.7 Å². The molecule has 32 heavy (non-hydrogen) atoms. The molecule has 0 fully saturated rings. The van der Waals surface area contributed by atoms with Gasteiger partial charge in [0.1, 0.15) is 12.3 Å². The number of nitrogens with zero attached hydrogens (tertiary/aromatic N) is 1. The number of hydrogen-bond acceptors (Lipinski definition) is 4. The van der Waals surface area contributed by atoms with E-state index >= 15 is 0 Å². The second-order valence-electron chi connectivity index (χ2n) is 7.45. The van der Waals surface area contributed by atoms with Crippen molar-refractivity contribution >= 4 is 21.6 Å². The minimum absolute atomic E-state index is 0.0884. The lowest BCUT2D eigenvalue weighted by Gasteiger charge is -2.25. The van der Waals surface area contributed by atoms with E-state index in [0.717, 1.165) is 15.4 Å². The number of benzene rings is 3. The van der Waals surface area contributed by atoms with Crippen LogP contribution in [-0.2, 0) is 14.8 Å². The van der Waals surface area contributed by atoms with E-state index in [1.807, 2.05) is 63.2 Å². The first-order valence-corrected chi connectivity index (χ1v) is 11.9. The number of anilines is 1. The normalized spacial score (nSPS) is 12.1. The molecular formula is C25H28N2O4S. The number of nitrogens with one attached hydrogen (secondary N) is 1. The highest BCUT2D eigenvalue weighted by atomic mass is 32.2. The summed E-state index contributed by atoms with van der Waals surface area (Å²) in [5.74, 6) is 0.194. The van der Waals surface area contributed by atoms with Gasteiger partial charge in [-0.2, -0.15) is 0 Å². The highest BCUT2D eigenvalue weighted by molar-refractivity contribution is 7.92. The van der Waals surface area contributed by atoms with Gasteiger partial charge in [-0.3, -0.25) is 9.10 Å². The minimum Gasteiger partial charge on any atom is -0.494 e. The average molecular weight is 453 g/mol. The number of carbonyl (C=O) groups excluding carboxylic acids is 1. The lowest BCUT2D eigenvalue weighted by atomic mass is 10.1. The van der Waals surface area contributed by atoms with Gasteiger partial charge in [-0.05, 0) is 62.7 Å². The molecule has 0 aliphatic heterocycles. The number of rotatable bonds is 9. The van der Waals surface area contributed by atoms with Crippen molar-refractivity contribution in [2.24, 2.45) is 0 Å². The molecule has 1 atom stereocenters. The molecule has 0 radical (unpaired) electrons. The van der Waals surface area contributed by atoms with Crippen molar-refractivity contribution in [3.05, 3.63) is 90.0 Å². The van der Waals surface area contributed by atoms with E-state index in [9.17, 15) is 13.2 Å². The van der Waals surface area contributed by atoms with Gasteiger partial charge < -0.3 is 10.1 Å². The zero-order chi connectivity index (χ0) is 23.1. The minimum atomic E-state index is -3.98. The van der Waals surface area contributed by atoms with Crippen LogP contribution in [0.4, 0.5) is 5.69 Å². The van der Waals surface area contributed by atoms with Crippen molar-refractivity contribution in [3.63, 3.8) is 0 Å². The van der Waals surface area contributed by atoms with Crippen LogP contribution in [0.3, 0.4) is 0 Å². The molecule has 0 saturated heterocycles. The Morgan fingerprint density at radius 3 is 2.19 bits per heavy atom. The first-order valence-electron chi connectivity index (χ1n) is 10.5. The Kier molecular flexibility index (Phi) is 7.53. The second kappa shape index (κ2) is 10.3. The molecule has 1 N–H and O–H groups in total. The predicted molar refractivity (Wildman–Crippen MR) is 126 cm³/mol. The van der Waals surface area contributed by atoms with Crippen LogP contribution in [-0.4, -0.2) is 27.5 Å². The molecule has 0 bridgehead atoms. The molecular weight excluding hydrogens is 424 g/mol. The fraction of sp³-hybridized carbons (Fsp3) is 0.240. The summed E-state index contributed by atoms with van der Waals surface area (Å²) in [6.45, 7) is 5.80. The Labute approximate surface area is 189 Å². The van der Waals surface area contributed by atoms with Crippen molar-refractivity contribution in [2.75, 3.05) is 17.5 Å². The highest BCUT2D eigenvalue weighted by Gasteiger charge is 2.27. The Balaban J connectivity index is 1.88. The van der Waals surface area contributed by atoms with Crippen molar-refractivity contribution < 1.29 is 17.9 Å². The number of ether oxygens (including phenoxy) is 1. The van der Waals surface area contributed by atoms with Crippen LogP contribution in [0, 0.1) is 6.92 Å². The van der Waals surface area contributed by atoms with Crippen LogP contribution in [0.25, 0.3) is 0 Å². The van der Waals surface area contributed by atoms with E-state index in [2.05, 4.69) is 5.32 Å². The van der Waals surface area contributed by atoms with Crippen molar-refractivity contribution in [3.8, 4) is 5.75 Å². The van der Waals surface area contributed by atoms with Crippen molar-refractivity contribution in [2.45, 2.75) is 31.7 Å². The Morgan fingerprint density at radius 1 is 0.969 bits per heavy atom. The molecule has 3 aromatic carbocycles. The summed E-state index contributed by atoms with van der Waals surface area (Å²) < 4.78 is 33.5. The Bertz CT molecular complexity index is 1130. The lowest BCUT2D eigenvalue weighted by Crippen LogP contribution is -2.41. The summed E-state index contributed by atoms with van der Waals surface area (Å²) >= 11 is 0. The molecule has 0 aliphatic rings. The number of amides is 1. The molecule has 0 saturated carbocycles. The maximum Gasteiger partial charge on any atom is 0.264 e. The zero-order valence-electron chi connectivity index (χ0n) is 18.5. The number of hydrogen-bond donors (Lipinski definition) is 1. The van der Waals surface area contributed by atoms with Gasteiger partial charge in [-0.15, -0.1) is 0 Å². The summed E-state index contributed by atoms with van der Waals surface area (Å²) in [6.07, 6.45) is 0. The van der Waals surface area contributed by atoms with Crippen LogP contribution in [0.5, 0.6) is 5.75 Å². The molecule has 3 aromatic rings. The van der Waals surface area contributed by atoms with Gasteiger partial charge in [0.25, 0.3) is 10.0 Å². The molecule has 0 spiro atoms. The monoisotopic (exact) mass is 452 g/mol. The standard InChI is InChI=1S/C25H28N2O4S/c1-4-31-23-14-16-24(17-15-23)32(29,30)27(22-12-10-19(2)11-13-22)18-25(28)26-20(3)21-8-6-5-7-9-21/h5-17,20H,4,18H2,1-3H3,(H,26,28)/t20-/m0/s1. The van der Waals surface area contributed by atoms with E-state index in [0.29, 0.717) is 18.0 Å². The van der Waals surface area contributed by atoms with Gasteiger partial charge in [-0.1, -0.05) is 48.0 Å². The van der Waals surface area contributed by atoms with E-state index in [1.165, 1.54) is 12.1 Å². The van der Waals surface area contributed by atoms with Crippen LogP contribution in [0.15, 0.2) is 83.8 Å². The lowest BCUT2D eigenvalue weighted by molar-refractivity contribution is -0.120. The smallest absolute Gasteiger partial charge is 0.264 e. The second-order valence-corrected chi connectivity index (χ2v) is 9.31. The van der Waals surface area contributed by atoms with Gasteiger partial charge in [0.05, 0.1) is 23.2 Å². The van der Waals surface area contributed by atoms with Gasteiger partial charge in [-0.25, -0.2) is 8.42 Å². The van der Waals surface area contributed by atoms with E-state index in [4.69, 9.17) is 4.74 Å². The van der Waals surface area contributed by atoms with Crippen LogP contribution in [0.1, 0.15) is 31.0 Å². The quantitative estimate of drug-likeness (QED) is 0.520. The number of carbonyl (C=O) groups is 1. The third-order valence-corrected chi connectivity index (χ3v) is 6.80.